The van der Waals surface area contributed by atoms with Crippen molar-refractivity contribution in [2.75, 3.05) is 13.6 Å². The quantitative estimate of drug-likeness (QED) is 0.583. The van der Waals surface area contributed by atoms with Crippen LogP contribution in [0.4, 0.5) is 0 Å². The second kappa shape index (κ2) is 3.33. The molecule has 0 radical (unpaired) electrons. The Morgan fingerprint density at radius 2 is 2.31 bits per heavy atom. The molecule has 1 spiro atoms. The molecule has 3 heterocycles. The summed E-state index contributed by atoms with van der Waals surface area (Å²) < 4.78 is 5.73. The molecule has 0 N–H and O–H groups in total. The van der Waals surface area contributed by atoms with Crippen LogP contribution in [0.3, 0.4) is 0 Å². The van der Waals surface area contributed by atoms with Crippen molar-refractivity contribution in [2.24, 2.45) is 5.92 Å². The lowest BCUT2D eigenvalue weighted by atomic mass is 9.66. The van der Waals surface area contributed by atoms with E-state index in [9.17, 15) is 4.79 Å². The minimum Gasteiger partial charge on any atom is -0.455 e. The number of ether oxygens (including phenoxy) is 1. The van der Waals surface area contributed by atoms with Crippen molar-refractivity contribution >= 4 is 5.97 Å². The molecule has 0 aromatic rings. The predicted molar refractivity (Wildman–Crippen MR) is 61.0 cm³/mol. The van der Waals surface area contributed by atoms with Crippen LogP contribution in [0, 0.1) is 5.92 Å². The highest BCUT2D eigenvalue weighted by Gasteiger charge is 2.53. The SMILES string of the molecule is CC1=CC(=O)O[C@@]2(C1)C[C@H]1CC[C@H]2CN1C. The maximum Gasteiger partial charge on any atom is 0.331 e. The summed E-state index contributed by atoms with van der Waals surface area (Å²) in [5.41, 5.74) is 1.03. The molecule has 3 nitrogen and oxygen atoms in total. The molecular weight excluding hydrogens is 202 g/mol. The first-order valence-electron chi connectivity index (χ1n) is 6.19. The largest absolute Gasteiger partial charge is 0.455 e. The Morgan fingerprint density at radius 1 is 1.50 bits per heavy atom. The van der Waals surface area contributed by atoms with Crippen LogP contribution in [0.2, 0.25) is 0 Å². The van der Waals surface area contributed by atoms with E-state index >= 15 is 0 Å². The van der Waals surface area contributed by atoms with Gasteiger partial charge in [-0.3, -0.25) is 0 Å². The van der Waals surface area contributed by atoms with Gasteiger partial charge in [0, 0.05) is 37.4 Å². The number of piperidine rings is 2. The van der Waals surface area contributed by atoms with Gasteiger partial charge in [-0.25, -0.2) is 4.79 Å². The Labute approximate surface area is 96.4 Å². The van der Waals surface area contributed by atoms with Gasteiger partial charge in [0.05, 0.1) is 0 Å². The van der Waals surface area contributed by atoms with Crippen LogP contribution in [0.15, 0.2) is 11.6 Å². The van der Waals surface area contributed by atoms with Gasteiger partial charge in [0.2, 0.25) is 0 Å². The summed E-state index contributed by atoms with van der Waals surface area (Å²) in [5.74, 6) is 0.411. The zero-order chi connectivity index (χ0) is 11.3. The minimum absolute atomic E-state index is 0.126. The van der Waals surface area contributed by atoms with Crippen molar-refractivity contribution in [2.45, 2.75) is 44.2 Å². The van der Waals surface area contributed by atoms with E-state index in [1.165, 1.54) is 18.4 Å². The molecule has 3 atom stereocenters. The van der Waals surface area contributed by atoms with Gasteiger partial charge in [-0.15, -0.1) is 0 Å². The monoisotopic (exact) mass is 221 g/mol. The van der Waals surface area contributed by atoms with Crippen molar-refractivity contribution in [3.8, 4) is 0 Å². The number of hydrogen-bond donors (Lipinski definition) is 0. The molecule has 4 rings (SSSR count). The van der Waals surface area contributed by atoms with Gasteiger partial charge in [0.25, 0.3) is 0 Å². The van der Waals surface area contributed by atoms with Gasteiger partial charge in [0.15, 0.2) is 0 Å². The summed E-state index contributed by atoms with van der Waals surface area (Å²) in [7, 11) is 2.19. The zero-order valence-electron chi connectivity index (χ0n) is 10.0. The highest BCUT2D eigenvalue weighted by atomic mass is 16.6. The summed E-state index contributed by atoms with van der Waals surface area (Å²) in [4.78, 5) is 14.0. The average molecular weight is 221 g/mol. The van der Waals surface area contributed by atoms with Crippen molar-refractivity contribution < 1.29 is 9.53 Å². The third kappa shape index (κ3) is 1.41. The first-order valence-corrected chi connectivity index (χ1v) is 6.19. The Kier molecular flexibility index (Phi) is 2.15. The number of nitrogens with zero attached hydrogens (tertiary/aromatic N) is 1. The van der Waals surface area contributed by atoms with Crippen molar-refractivity contribution in [3.05, 3.63) is 11.6 Å². The Morgan fingerprint density at radius 3 is 2.88 bits per heavy atom. The predicted octanol–water partition coefficient (Wildman–Crippen LogP) is 1.73. The number of rotatable bonds is 0. The first kappa shape index (κ1) is 10.3. The molecule has 3 aliphatic heterocycles. The highest BCUT2D eigenvalue weighted by Crippen LogP contribution is 2.48. The summed E-state index contributed by atoms with van der Waals surface area (Å²) >= 11 is 0. The van der Waals surface area contributed by atoms with E-state index in [1.807, 2.05) is 6.92 Å². The smallest absolute Gasteiger partial charge is 0.331 e. The van der Waals surface area contributed by atoms with E-state index < -0.39 is 0 Å². The van der Waals surface area contributed by atoms with Crippen molar-refractivity contribution in [1.29, 1.82) is 0 Å². The van der Waals surface area contributed by atoms with Crippen molar-refractivity contribution in [1.82, 2.24) is 4.90 Å². The van der Waals surface area contributed by atoms with Crippen LogP contribution in [0.5, 0.6) is 0 Å². The molecule has 0 aromatic carbocycles. The van der Waals surface area contributed by atoms with Gasteiger partial charge in [-0.2, -0.15) is 0 Å². The van der Waals surface area contributed by atoms with Gasteiger partial charge in [-0.1, -0.05) is 5.57 Å². The van der Waals surface area contributed by atoms with E-state index in [1.54, 1.807) is 6.08 Å². The van der Waals surface area contributed by atoms with E-state index in [0.717, 1.165) is 19.4 Å². The Hall–Kier alpha value is -0.830. The standard InChI is InChI=1S/C13H19NO2/c1-9-5-12(15)16-13(6-9)7-11-4-3-10(13)8-14(11)2/h5,10-11H,3-4,6-8H2,1-2H3/t10-,11+,13-/m0/s1. The maximum absolute atomic E-state index is 11.6. The van der Waals surface area contributed by atoms with Crippen LogP contribution in [0.25, 0.3) is 0 Å². The summed E-state index contributed by atoms with van der Waals surface area (Å²) in [6.45, 7) is 3.14. The van der Waals surface area contributed by atoms with Gasteiger partial charge in [0.1, 0.15) is 5.60 Å². The third-order valence-corrected chi connectivity index (χ3v) is 4.55. The van der Waals surface area contributed by atoms with Gasteiger partial charge >= 0.3 is 5.97 Å². The van der Waals surface area contributed by atoms with Gasteiger partial charge in [-0.05, 0) is 26.8 Å². The van der Waals surface area contributed by atoms with Crippen LogP contribution >= 0.6 is 0 Å². The lowest BCUT2D eigenvalue weighted by molar-refractivity contribution is -0.183. The average Bonchev–Trinajstić information content (AvgIpc) is 2.18. The lowest BCUT2D eigenvalue weighted by Gasteiger charge is -2.55. The number of fused-ring (bicyclic) bond motifs is 2. The molecule has 16 heavy (non-hydrogen) atoms. The number of hydrogen-bond acceptors (Lipinski definition) is 3. The molecule has 3 heteroatoms. The Bertz CT molecular complexity index is 363. The minimum atomic E-state index is -0.161. The number of carbonyl (C=O) groups excluding carboxylic acids is 1. The number of carbonyl (C=O) groups is 1. The molecule has 88 valence electrons. The second-order valence-electron chi connectivity index (χ2n) is 5.73. The van der Waals surface area contributed by atoms with E-state index in [2.05, 4.69) is 11.9 Å². The van der Waals surface area contributed by atoms with E-state index in [4.69, 9.17) is 4.74 Å². The fourth-order valence-corrected chi connectivity index (χ4v) is 3.79. The molecule has 0 unspecified atom stereocenters. The normalized spacial score (nSPS) is 43.4. The first-order chi connectivity index (χ1) is 7.59. The fraction of sp³-hybridized carbons (Fsp3) is 0.769. The summed E-state index contributed by atoms with van der Waals surface area (Å²) in [5, 5.41) is 0. The second-order valence-corrected chi connectivity index (χ2v) is 5.73. The number of esters is 1. The molecule has 2 saturated heterocycles. The molecular formula is C13H19NO2. The van der Waals surface area contributed by atoms with Crippen LogP contribution in [-0.2, 0) is 9.53 Å². The highest BCUT2D eigenvalue weighted by molar-refractivity contribution is 5.84. The van der Waals surface area contributed by atoms with E-state index in [-0.39, 0.29) is 11.6 Å². The lowest BCUT2D eigenvalue weighted by Crippen LogP contribution is -2.61. The molecule has 2 bridgehead atoms. The third-order valence-electron chi connectivity index (χ3n) is 4.55. The van der Waals surface area contributed by atoms with Crippen LogP contribution in [-0.4, -0.2) is 36.1 Å². The molecule has 0 aromatic heterocycles. The van der Waals surface area contributed by atoms with Crippen molar-refractivity contribution in [3.63, 3.8) is 0 Å². The Balaban J connectivity index is 1.90. The molecule has 4 aliphatic rings. The van der Waals surface area contributed by atoms with Gasteiger partial charge < -0.3 is 9.64 Å². The summed E-state index contributed by atoms with van der Waals surface area (Å²) in [6.07, 6.45) is 6.12. The molecule has 0 amide bonds. The molecule has 3 fully saturated rings. The van der Waals surface area contributed by atoms with Crippen LogP contribution in [0.1, 0.15) is 32.6 Å². The molecule has 1 aliphatic carbocycles. The molecule has 1 saturated carbocycles. The topological polar surface area (TPSA) is 29.5 Å². The van der Waals surface area contributed by atoms with E-state index in [0.29, 0.717) is 12.0 Å². The fourth-order valence-electron chi connectivity index (χ4n) is 3.79. The zero-order valence-corrected chi connectivity index (χ0v) is 10.0. The van der Waals surface area contributed by atoms with Crippen LogP contribution < -0.4 is 0 Å². The summed E-state index contributed by atoms with van der Waals surface area (Å²) in [6, 6.07) is 0.615. The maximum atomic E-state index is 11.6.